The van der Waals surface area contributed by atoms with Gasteiger partial charge in [-0.15, -0.1) is 0 Å². The lowest BCUT2D eigenvalue weighted by Gasteiger charge is -2.11. The third kappa shape index (κ3) is 4.14. The van der Waals surface area contributed by atoms with E-state index >= 15 is 0 Å². The van der Waals surface area contributed by atoms with Crippen LogP contribution in [0.1, 0.15) is 19.4 Å². The molecule has 1 rings (SSSR count). The van der Waals surface area contributed by atoms with Gasteiger partial charge in [-0.05, 0) is 38.5 Å². The molecule has 1 aromatic carbocycles. The van der Waals surface area contributed by atoms with Crippen molar-refractivity contribution in [2.45, 2.75) is 25.7 Å². The van der Waals surface area contributed by atoms with Crippen molar-refractivity contribution in [3.8, 4) is 0 Å². The highest BCUT2D eigenvalue weighted by Crippen LogP contribution is 2.20. The van der Waals surface area contributed by atoms with Crippen LogP contribution in [0.25, 0.3) is 0 Å². The first-order chi connectivity index (χ1) is 9.54. The molecule has 21 heavy (non-hydrogen) atoms. The lowest BCUT2D eigenvalue weighted by molar-refractivity contribution is -0.133. The molecule has 0 unspecified atom stereocenters. The SMILES string of the molecule is CC(C(=O)O)=C(C)C(=O)Nc1cc(S(N)(=O)=O)ccc1C. The number of primary sulfonamides is 1. The Balaban J connectivity index is 3.17. The summed E-state index contributed by atoms with van der Waals surface area (Å²) in [6.45, 7) is 4.36. The highest BCUT2D eigenvalue weighted by Gasteiger charge is 2.15. The number of benzene rings is 1. The van der Waals surface area contributed by atoms with E-state index < -0.39 is 21.9 Å². The van der Waals surface area contributed by atoms with Crippen molar-refractivity contribution in [3.63, 3.8) is 0 Å². The molecular weight excluding hydrogens is 296 g/mol. The Hall–Kier alpha value is -2.19. The zero-order chi connectivity index (χ0) is 16.4. The maximum atomic E-state index is 12.0. The largest absolute Gasteiger partial charge is 0.478 e. The van der Waals surface area contributed by atoms with Crippen molar-refractivity contribution in [1.29, 1.82) is 0 Å². The van der Waals surface area contributed by atoms with E-state index in [-0.39, 0.29) is 21.7 Å². The number of carboxylic acid groups (broad SMARTS) is 1. The molecule has 0 saturated carbocycles. The van der Waals surface area contributed by atoms with Gasteiger partial charge in [0.05, 0.1) is 4.90 Å². The minimum absolute atomic E-state index is 0.0305. The van der Waals surface area contributed by atoms with Gasteiger partial charge in [-0.2, -0.15) is 0 Å². The number of rotatable bonds is 4. The molecular formula is C13H16N2O5S. The lowest BCUT2D eigenvalue weighted by Crippen LogP contribution is -2.18. The Morgan fingerprint density at radius 1 is 1.19 bits per heavy atom. The summed E-state index contributed by atoms with van der Waals surface area (Å²) in [5.74, 6) is -1.82. The topological polar surface area (TPSA) is 127 Å². The van der Waals surface area contributed by atoms with E-state index in [4.69, 9.17) is 10.2 Å². The molecule has 0 bridgehead atoms. The number of carbonyl (C=O) groups excluding carboxylic acids is 1. The molecule has 0 aliphatic carbocycles. The van der Waals surface area contributed by atoms with Gasteiger partial charge in [-0.25, -0.2) is 18.4 Å². The molecule has 0 fully saturated rings. The van der Waals surface area contributed by atoms with Crippen LogP contribution < -0.4 is 10.5 Å². The summed E-state index contributed by atoms with van der Waals surface area (Å²) in [7, 11) is -3.89. The standard InChI is InChI=1S/C13H16N2O5S/c1-7-4-5-10(21(14,19)20)6-11(7)15-12(16)8(2)9(3)13(17)18/h4-6H,1-3H3,(H,15,16)(H,17,18)(H2,14,19,20). The number of carboxylic acids is 1. The molecule has 7 nitrogen and oxygen atoms in total. The minimum atomic E-state index is -3.89. The third-order valence-corrected chi connectivity index (χ3v) is 3.92. The monoisotopic (exact) mass is 312 g/mol. The molecule has 0 atom stereocenters. The zero-order valence-electron chi connectivity index (χ0n) is 11.8. The van der Waals surface area contributed by atoms with Gasteiger partial charge in [0.25, 0.3) is 5.91 Å². The number of sulfonamides is 1. The summed E-state index contributed by atoms with van der Waals surface area (Å²) in [5.41, 5.74) is 0.816. The van der Waals surface area contributed by atoms with Crippen molar-refractivity contribution in [1.82, 2.24) is 0 Å². The number of carbonyl (C=O) groups is 2. The smallest absolute Gasteiger partial charge is 0.331 e. The molecule has 0 heterocycles. The van der Waals surface area contributed by atoms with Crippen LogP contribution in [0, 0.1) is 6.92 Å². The number of hydrogen-bond acceptors (Lipinski definition) is 4. The third-order valence-electron chi connectivity index (χ3n) is 3.01. The number of anilines is 1. The molecule has 0 saturated heterocycles. The van der Waals surface area contributed by atoms with Gasteiger partial charge in [0.2, 0.25) is 10.0 Å². The predicted octanol–water partition coefficient (Wildman–Crippen LogP) is 1.00. The highest BCUT2D eigenvalue weighted by molar-refractivity contribution is 7.89. The van der Waals surface area contributed by atoms with Gasteiger partial charge in [0, 0.05) is 16.8 Å². The minimum Gasteiger partial charge on any atom is -0.478 e. The fourth-order valence-electron chi connectivity index (χ4n) is 1.46. The maximum Gasteiger partial charge on any atom is 0.331 e. The molecule has 1 amide bonds. The Labute approximate surface area is 122 Å². The summed E-state index contributed by atoms with van der Waals surface area (Å²) in [6.07, 6.45) is 0. The summed E-state index contributed by atoms with van der Waals surface area (Å²) in [5, 5.41) is 16.3. The second-order valence-electron chi connectivity index (χ2n) is 4.53. The van der Waals surface area contributed by atoms with Gasteiger partial charge in [0.1, 0.15) is 0 Å². The second kappa shape index (κ2) is 6.06. The molecule has 0 spiro atoms. The van der Waals surface area contributed by atoms with Crippen molar-refractivity contribution in [2.24, 2.45) is 5.14 Å². The summed E-state index contributed by atoms with van der Waals surface area (Å²) < 4.78 is 22.6. The van der Waals surface area contributed by atoms with Crippen LogP contribution in [0.4, 0.5) is 5.69 Å². The van der Waals surface area contributed by atoms with Crippen molar-refractivity contribution >= 4 is 27.6 Å². The van der Waals surface area contributed by atoms with Gasteiger partial charge in [0.15, 0.2) is 0 Å². The maximum absolute atomic E-state index is 12.0. The molecule has 0 radical (unpaired) electrons. The average Bonchev–Trinajstić information content (AvgIpc) is 2.37. The second-order valence-corrected chi connectivity index (χ2v) is 6.09. The zero-order valence-corrected chi connectivity index (χ0v) is 12.6. The van der Waals surface area contributed by atoms with Gasteiger partial charge in [-0.3, -0.25) is 4.79 Å². The number of nitrogens with one attached hydrogen (secondary N) is 1. The van der Waals surface area contributed by atoms with E-state index in [0.717, 1.165) is 0 Å². The van der Waals surface area contributed by atoms with Crippen molar-refractivity contribution in [3.05, 3.63) is 34.9 Å². The highest BCUT2D eigenvalue weighted by atomic mass is 32.2. The fourth-order valence-corrected chi connectivity index (χ4v) is 2.00. The summed E-state index contributed by atoms with van der Waals surface area (Å²) in [4.78, 5) is 22.6. The Kier molecular flexibility index (Phi) is 4.87. The van der Waals surface area contributed by atoms with E-state index in [1.54, 1.807) is 6.92 Å². The Morgan fingerprint density at radius 2 is 1.76 bits per heavy atom. The van der Waals surface area contributed by atoms with Crippen LogP contribution in [0.15, 0.2) is 34.2 Å². The first-order valence-electron chi connectivity index (χ1n) is 5.89. The first kappa shape index (κ1) is 16.9. The number of hydrogen-bond donors (Lipinski definition) is 3. The predicted molar refractivity (Wildman–Crippen MR) is 77.2 cm³/mol. The summed E-state index contributed by atoms with van der Waals surface area (Å²) >= 11 is 0. The number of amides is 1. The average molecular weight is 312 g/mol. The molecule has 0 aromatic heterocycles. The molecule has 0 aliphatic rings. The van der Waals surface area contributed by atoms with E-state index in [1.165, 1.54) is 32.0 Å². The van der Waals surface area contributed by atoms with Gasteiger partial charge in [-0.1, -0.05) is 6.07 Å². The molecule has 4 N–H and O–H groups in total. The summed E-state index contributed by atoms with van der Waals surface area (Å²) in [6, 6.07) is 4.05. The van der Waals surface area contributed by atoms with Crippen LogP contribution >= 0.6 is 0 Å². The number of aryl methyl sites for hydroxylation is 1. The van der Waals surface area contributed by atoms with Crippen LogP contribution in [-0.2, 0) is 19.6 Å². The van der Waals surface area contributed by atoms with Crippen LogP contribution in [0.5, 0.6) is 0 Å². The number of aliphatic carboxylic acids is 1. The van der Waals surface area contributed by atoms with E-state index in [9.17, 15) is 18.0 Å². The normalized spacial score (nSPS) is 12.6. The first-order valence-corrected chi connectivity index (χ1v) is 7.44. The Bertz CT molecular complexity index is 735. The van der Waals surface area contributed by atoms with Crippen LogP contribution in [0.3, 0.4) is 0 Å². The quantitative estimate of drug-likeness (QED) is 0.715. The van der Waals surface area contributed by atoms with Crippen molar-refractivity contribution < 1.29 is 23.1 Å². The molecule has 1 aromatic rings. The number of nitrogens with two attached hydrogens (primary N) is 1. The molecule has 0 aliphatic heterocycles. The van der Waals surface area contributed by atoms with Gasteiger partial charge >= 0.3 is 5.97 Å². The Morgan fingerprint density at radius 3 is 2.24 bits per heavy atom. The molecule has 114 valence electrons. The van der Waals surface area contributed by atoms with Crippen molar-refractivity contribution in [2.75, 3.05) is 5.32 Å². The fraction of sp³-hybridized carbons (Fsp3) is 0.231. The van der Waals surface area contributed by atoms with E-state index in [1.807, 2.05) is 0 Å². The van der Waals surface area contributed by atoms with Crippen LogP contribution in [-0.4, -0.2) is 25.4 Å². The van der Waals surface area contributed by atoms with Gasteiger partial charge < -0.3 is 10.4 Å². The van der Waals surface area contributed by atoms with Crippen LogP contribution in [0.2, 0.25) is 0 Å². The lowest BCUT2D eigenvalue weighted by atomic mass is 10.1. The molecule has 8 heteroatoms. The van der Waals surface area contributed by atoms with E-state index in [2.05, 4.69) is 5.32 Å². The van der Waals surface area contributed by atoms with E-state index in [0.29, 0.717) is 5.56 Å².